The van der Waals surface area contributed by atoms with E-state index in [0.29, 0.717) is 11.5 Å². The van der Waals surface area contributed by atoms with Gasteiger partial charge in [0.1, 0.15) is 11.5 Å². The summed E-state index contributed by atoms with van der Waals surface area (Å²) >= 11 is 0. The van der Waals surface area contributed by atoms with Crippen LogP contribution in [0.25, 0.3) is 0 Å². The molecule has 0 saturated carbocycles. The van der Waals surface area contributed by atoms with Crippen LogP contribution in [0.2, 0.25) is 0 Å². The molecule has 0 radical (unpaired) electrons. The summed E-state index contributed by atoms with van der Waals surface area (Å²) in [5.41, 5.74) is 6.24. The van der Waals surface area contributed by atoms with Crippen molar-refractivity contribution in [3.05, 3.63) is 113 Å². The molecular formula is C34H38N2O4S. The van der Waals surface area contributed by atoms with Crippen LogP contribution in [0.4, 0.5) is 16.2 Å². The summed E-state index contributed by atoms with van der Waals surface area (Å²) in [7, 11) is -3.30. The molecule has 1 atom stereocenters. The third-order valence-corrected chi connectivity index (χ3v) is 8.16. The molecule has 0 aliphatic rings. The van der Waals surface area contributed by atoms with Crippen molar-refractivity contribution in [1.82, 2.24) is 0 Å². The molecule has 0 fully saturated rings. The fraction of sp³-hybridized carbons (Fsp3) is 0.265. The maximum atomic E-state index is 12.6. The second-order valence-corrected chi connectivity index (χ2v) is 13.6. The summed E-state index contributed by atoms with van der Waals surface area (Å²) in [6.45, 7) is 10.7. The van der Waals surface area contributed by atoms with Crippen LogP contribution in [0.15, 0.2) is 95.9 Å². The van der Waals surface area contributed by atoms with Gasteiger partial charge in [0.15, 0.2) is 9.84 Å². The molecule has 0 bridgehead atoms. The zero-order valence-corrected chi connectivity index (χ0v) is 25.3. The Morgan fingerprint density at radius 3 is 2.07 bits per heavy atom. The Bertz CT molecular complexity index is 1620. The van der Waals surface area contributed by atoms with Gasteiger partial charge in [0.25, 0.3) is 0 Å². The van der Waals surface area contributed by atoms with Crippen molar-refractivity contribution in [1.29, 1.82) is 0 Å². The SMILES string of the molecule is Cc1cc(NC(=O)Nc2ccc(C(C)(C)C)cc2)ccc1C[C@@H](C)c1ccc(Oc2cccc(S(C)(=O)=O)c2)cc1. The molecule has 7 heteroatoms. The zero-order chi connectivity index (χ0) is 29.8. The van der Waals surface area contributed by atoms with Crippen molar-refractivity contribution in [2.45, 2.75) is 57.3 Å². The molecule has 41 heavy (non-hydrogen) atoms. The third kappa shape index (κ3) is 8.21. The molecule has 0 aromatic heterocycles. The van der Waals surface area contributed by atoms with Crippen LogP contribution in [0, 0.1) is 6.92 Å². The van der Waals surface area contributed by atoms with Crippen molar-refractivity contribution < 1.29 is 17.9 Å². The van der Waals surface area contributed by atoms with Gasteiger partial charge in [0.2, 0.25) is 0 Å². The van der Waals surface area contributed by atoms with E-state index in [1.54, 1.807) is 18.2 Å². The molecule has 0 aliphatic heterocycles. The number of benzene rings is 4. The lowest BCUT2D eigenvalue weighted by atomic mass is 9.87. The van der Waals surface area contributed by atoms with Gasteiger partial charge in [0, 0.05) is 17.6 Å². The highest BCUT2D eigenvalue weighted by Crippen LogP contribution is 2.29. The molecule has 4 aromatic carbocycles. The Balaban J connectivity index is 1.34. The molecular weight excluding hydrogens is 532 g/mol. The number of anilines is 2. The number of urea groups is 1. The van der Waals surface area contributed by atoms with Crippen LogP contribution in [-0.2, 0) is 21.7 Å². The first-order chi connectivity index (χ1) is 19.3. The first-order valence-corrected chi connectivity index (χ1v) is 15.5. The highest BCUT2D eigenvalue weighted by atomic mass is 32.2. The molecule has 0 aliphatic carbocycles. The van der Waals surface area contributed by atoms with Crippen LogP contribution in [0.5, 0.6) is 11.5 Å². The third-order valence-electron chi connectivity index (χ3n) is 7.05. The van der Waals surface area contributed by atoms with Crippen molar-refractivity contribution in [3.63, 3.8) is 0 Å². The van der Waals surface area contributed by atoms with Gasteiger partial charge < -0.3 is 15.4 Å². The molecule has 0 heterocycles. The summed E-state index contributed by atoms with van der Waals surface area (Å²) in [6, 6.07) is 28.0. The summed E-state index contributed by atoms with van der Waals surface area (Å²) in [5, 5.41) is 5.83. The monoisotopic (exact) mass is 570 g/mol. The van der Waals surface area contributed by atoms with E-state index in [2.05, 4.69) is 51.3 Å². The number of nitrogens with one attached hydrogen (secondary N) is 2. The molecule has 4 aromatic rings. The number of aryl methyl sites for hydroxylation is 1. The fourth-order valence-electron chi connectivity index (χ4n) is 4.57. The smallest absolute Gasteiger partial charge is 0.323 e. The quantitative estimate of drug-likeness (QED) is 0.222. The van der Waals surface area contributed by atoms with Crippen LogP contribution in [0.3, 0.4) is 0 Å². The summed E-state index contributed by atoms with van der Waals surface area (Å²) in [6.07, 6.45) is 2.02. The van der Waals surface area contributed by atoms with Crippen LogP contribution < -0.4 is 15.4 Å². The molecule has 2 amide bonds. The van der Waals surface area contributed by atoms with Crippen LogP contribution in [-0.4, -0.2) is 20.7 Å². The Morgan fingerprint density at radius 2 is 1.46 bits per heavy atom. The van der Waals surface area contributed by atoms with E-state index >= 15 is 0 Å². The van der Waals surface area contributed by atoms with E-state index in [1.807, 2.05) is 60.7 Å². The lowest BCUT2D eigenvalue weighted by molar-refractivity contribution is 0.262. The second kappa shape index (κ2) is 12.2. The Hall–Kier alpha value is -4.10. The van der Waals surface area contributed by atoms with Crippen LogP contribution >= 0.6 is 0 Å². The van der Waals surface area contributed by atoms with Gasteiger partial charge in [-0.2, -0.15) is 0 Å². The number of carbonyl (C=O) groups is 1. The van der Waals surface area contributed by atoms with E-state index in [-0.39, 0.29) is 22.3 Å². The molecule has 0 spiro atoms. The van der Waals surface area contributed by atoms with Gasteiger partial charge >= 0.3 is 6.03 Å². The first-order valence-electron chi connectivity index (χ1n) is 13.6. The normalized spacial score (nSPS) is 12.4. The fourth-order valence-corrected chi connectivity index (χ4v) is 5.22. The van der Waals surface area contributed by atoms with Gasteiger partial charge in [-0.05, 0) is 102 Å². The summed E-state index contributed by atoms with van der Waals surface area (Å²) in [5.74, 6) is 1.38. The number of carbonyl (C=O) groups excluding carboxylic acids is 1. The molecule has 2 N–H and O–H groups in total. The van der Waals surface area contributed by atoms with E-state index in [1.165, 1.54) is 29.0 Å². The molecule has 0 unspecified atom stereocenters. The van der Waals surface area contributed by atoms with Crippen LogP contribution in [0.1, 0.15) is 55.9 Å². The maximum absolute atomic E-state index is 12.6. The zero-order valence-electron chi connectivity index (χ0n) is 24.5. The van der Waals surface area contributed by atoms with Gasteiger partial charge in [-0.1, -0.05) is 64.1 Å². The predicted octanol–water partition coefficient (Wildman–Crippen LogP) is 8.48. The number of hydrogen-bond acceptors (Lipinski definition) is 4. The lowest BCUT2D eigenvalue weighted by Crippen LogP contribution is -2.19. The van der Waals surface area contributed by atoms with Gasteiger partial charge in [0.05, 0.1) is 4.90 Å². The number of hydrogen-bond donors (Lipinski definition) is 2. The minimum Gasteiger partial charge on any atom is -0.457 e. The lowest BCUT2D eigenvalue weighted by Gasteiger charge is -2.19. The summed E-state index contributed by atoms with van der Waals surface area (Å²) in [4.78, 5) is 12.8. The van der Waals surface area contributed by atoms with E-state index < -0.39 is 9.84 Å². The minimum absolute atomic E-state index is 0.0612. The summed E-state index contributed by atoms with van der Waals surface area (Å²) < 4.78 is 29.5. The second-order valence-electron chi connectivity index (χ2n) is 11.6. The molecule has 4 rings (SSSR count). The van der Waals surface area contributed by atoms with E-state index in [9.17, 15) is 13.2 Å². The number of amides is 2. The molecule has 214 valence electrons. The average molecular weight is 571 g/mol. The van der Waals surface area contributed by atoms with Crippen molar-refractivity contribution >= 4 is 27.2 Å². The molecule has 0 saturated heterocycles. The first kappa shape index (κ1) is 29.9. The average Bonchev–Trinajstić information content (AvgIpc) is 2.90. The number of rotatable bonds is 8. The molecule has 6 nitrogen and oxygen atoms in total. The standard InChI is InChI=1S/C34H38N2O4S/c1-23(25-11-18-30(19-12-25)40-31-8-7-9-32(22-31)41(6,38)39)20-26-10-15-29(21-24(26)2)36-33(37)35-28-16-13-27(14-17-28)34(3,4)5/h7-19,21-23H,20H2,1-6H3,(H2,35,36,37)/t23-/m1/s1. The van der Waals surface area contributed by atoms with E-state index in [4.69, 9.17) is 4.74 Å². The van der Waals surface area contributed by atoms with Gasteiger partial charge in [-0.25, -0.2) is 13.2 Å². The Kier molecular flexibility index (Phi) is 8.88. The largest absolute Gasteiger partial charge is 0.457 e. The predicted molar refractivity (Wildman–Crippen MR) is 167 cm³/mol. The Morgan fingerprint density at radius 1 is 0.829 bits per heavy atom. The van der Waals surface area contributed by atoms with Gasteiger partial charge in [-0.15, -0.1) is 0 Å². The number of ether oxygens (including phenoxy) is 1. The minimum atomic E-state index is -3.30. The highest BCUT2D eigenvalue weighted by Gasteiger charge is 2.14. The Labute approximate surface area is 243 Å². The highest BCUT2D eigenvalue weighted by molar-refractivity contribution is 7.90. The van der Waals surface area contributed by atoms with Crippen molar-refractivity contribution in [3.8, 4) is 11.5 Å². The van der Waals surface area contributed by atoms with Crippen molar-refractivity contribution in [2.75, 3.05) is 16.9 Å². The topological polar surface area (TPSA) is 84.5 Å². The van der Waals surface area contributed by atoms with Crippen molar-refractivity contribution in [2.24, 2.45) is 0 Å². The van der Waals surface area contributed by atoms with E-state index in [0.717, 1.165) is 23.4 Å². The maximum Gasteiger partial charge on any atom is 0.323 e. The van der Waals surface area contributed by atoms with Gasteiger partial charge in [-0.3, -0.25) is 0 Å². The number of sulfone groups is 1.